The summed E-state index contributed by atoms with van der Waals surface area (Å²) in [5.41, 5.74) is 0. The highest BCUT2D eigenvalue weighted by Crippen LogP contribution is 2.06. The van der Waals surface area contributed by atoms with Gasteiger partial charge in [-0.1, -0.05) is 83.3 Å². The number of carbonyl (C=O) groups is 1. The van der Waals surface area contributed by atoms with Crippen LogP contribution < -0.4 is 5.32 Å². The van der Waals surface area contributed by atoms with Crippen LogP contribution in [-0.4, -0.2) is 32.6 Å². The number of rotatable bonds is 25. The third-order valence-electron chi connectivity index (χ3n) is 5.15. The van der Waals surface area contributed by atoms with Crippen LogP contribution in [-0.2, 0) is 14.6 Å². The van der Waals surface area contributed by atoms with Gasteiger partial charge in [-0.2, -0.15) is 0 Å². The lowest BCUT2D eigenvalue weighted by Crippen LogP contribution is -2.16. The quantitative estimate of drug-likeness (QED) is 0.0581. The zero-order chi connectivity index (χ0) is 21.1. The fourth-order valence-electron chi connectivity index (χ4n) is 3.27. The molecule has 0 bridgehead atoms. The van der Waals surface area contributed by atoms with Crippen LogP contribution in [0.5, 0.6) is 0 Å². The molecule has 0 aliphatic heterocycles. The van der Waals surface area contributed by atoms with E-state index in [1.54, 1.807) is 0 Å². The van der Waals surface area contributed by atoms with Crippen molar-refractivity contribution in [3.63, 3.8) is 0 Å². The molecule has 0 unspecified atom stereocenters. The van der Waals surface area contributed by atoms with E-state index >= 15 is 0 Å². The molecule has 0 atom stereocenters. The topological polar surface area (TPSA) is 47.6 Å². The summed E-state index contributed by atoms with van der Waals surface area (Å²) in [5.74, 6) is 0. The van der Waals surface area contributed by atoms with Crippen LogP contribution in [0.25, 0.3) is 0 Å². The van der Waals surface area contributed by atoms with E-state index in [0.29, 0.717) is 13.2 Å². The van der Waals surface area contributed by atoms with Gasteiger partial charge in [0, 0.05) is 6.42 Å². The van der Waals surface area contributed by atoms with Gasteiger partial charge in [-0.25, -0.2) is 9.78 Å². The maximum absolute atomic E-state index is 10.2. The van der Waals surface area contributed by atoms with Crippen molar-refractivity contribution in [2.45, 2.75) is 116 Å². The van der Waals surface area contributed by atoms with Crippen LogP contribution >= 0.6 is 0 Å². The Balaban J connectivity index is 3.03. The predicted molar refractivity (Wildman–Crippen MR) is 124 cm³/mol. The van der Waals surface area contributed by atoms with Crippen molar-refractivity contribution in [1.29, 1.82) is 0 Å². The Morgan fingerprint density at radius 3 is 1.90 bits per heavy atom. The standard InChI is InChI=1S/C25H49NO3/c1-2-3-4-5-9-14-19-24-28-29-25-20-15-10-7-12-17-22-26-21-16-11-6-8-13-18-23-27/h14,19,23,26H,2-13,15-18,20-22,24-25H2,1H3/b19-14-. The highest BCUT2D eigenvalue weighted by atomic mass is 17.2. The summed E-state index contributed by atoms with van der Waals surface area (Å²) in [5, 5.41) is 3.54. The van der Waals surface area contributed by atoms with Crippen LogP contribution in [0.4, 0.5) is 0 Å². The van der Waals surface area contributed by atoms with E-state index in [1.807, 2.05) is 0 Å². The number of aldehydes is 1. The Kier molecular flexibility index (Phi) is 26.6. The summed E-state index contributed by atoms with van der Waals surface area (Å²) < 4.78 is 0. The van der Waals surface area contributed by atoms with Gasteiger partial charge < -0.3 is 10.1 Å². The van der Waals surface area contributed by atoms with Gasteiger partial charge in [0.2, 0.25) is 0 Å². The van der Waals surface area contributed by atoms with Crippen molar-refractivity contribution in [2.24, 2.45) is 0 Å². The first-order valence-corrected chi connectivity index (χ1v) is 12.5. The molecule has 0 radical (unpaired) electrons. The molecule has 1 N–H and O–H groups in total. The van der Waals surface area contributed by atoms with Gasteiger partial charge in [-0.05, 0) is 51.6 Å². The van der Waals surface area contributed by atoms with Gasteiger partial charge in [0.25, 0.3) is 0 Å². The average molecular weight is 412 g/mol. The Bertz CT molecular complexity index is 334. The molecule has 0 aromatic heterocycles. The average Bonchev–Trinajstić information content (AvgIpc) is 2.74. The molecule has 4 heteroatoms. The minimum absolute atomic E-state index is 0.570. The molecular weight excluding hydrogens is 362 g/mol. The molecule has 172 valence electrons. The molecule has 29 heavy (non-hydrogen) atoms. The molecule has 0 aliphatic rings. The van der Waals surface area contributed by atoms with E-state index in [0.717, 1.165) is 45.1 Å². The van der Waals surface area contributed by atoms with Gasteiger partial charge in [-0.3, -0.25) is 0 Å². The summed E-state index contributed by atoms with van der Waals surface area (Å²) in [7, 11) is 0. The fourth-order valence-corrected chi connectivity index (χ4v) is 3.27. The zero-order valence-electron chi connectivity index (χ0n) is 19.3. The third kappa shape index (κ3) is 27.3. The zero-order valence-corrected chi connectivity index (χ0v) is 19.3. The normalized spacial score (nSPS) is 11.5. The fraction of sp³-hybridized carbons (Fsp3) is 0.880. The lowest BCUT2D eigenvalue weighted by molar-refractivity contribution is -0.286. The highest BCUT2D eigenvalue weighted by Gasteiger charge is 1.94. The van der Waals surface area contributed by atoms with E-state index < -0.39 is 0 Å². The second kappa shape index (κ2) is 27.3. The Morgan fingerprint density at radius 1 is 0.621 bits per heavy atom. The van der Waals surface area contributed by atoms with E-state index in [1.165, 1.54) is 83.5 Å². The molecule has 0 saturated heterocycles. The Labute approximate surface area is 181 Å². The molecule has 0 aromatic rings. The summed E-state index contributed by atoms with van der Waals surface area (Å²) in [6, 6.07) is 0. The molecular formula is C25H49NO3. The molecule has 0 rings (SSSR count). The van der Waals surface area contributed by atoms with Crippen molar-refractivity contribution in [3.8, 4) is 0 Å². The maximum Gasteiger partial charge on any atom is 0.119 e. The SMILES string of the molecule is CCCCCC/C=C\COOCCCCCCCCNCCCCCCCC=O. The molecule has 0 spiro atoms. The highest BCUT2D eigenvalue weighted by molar-refractivity contribution is 5.48. The molecule has 0 heterocycles. The molecule has 0 saturated carbocycles. The van der Waals surface area contributed by atoms with E-state index in [9.17, 15) is 4.79 Å². The monoisotopic (exact) mass is 411 g/mol. The number of hydrogen-bond acceptors (Lipinski definition) is 4. The van der Waals surface area contributed by atoms with Gasteiger partial charge in [0.05, 0.1) is 6.61 Å². The predicted octanol–water partition coefficient (Wildman–Crippen LogP) is 6.93. The maximum atomic E-state index is 10.2. The first-order chi connectivity index (χ1) is 14.4. The van der Waals surface area contributed by atoms with Crippen molar-refractivity contribution in [2.75, 3.05) is 26.3 Å². The summed E-state index contributed by atoms with van der Waals surface area (Å²) in [6.45, 7) is 5.81. The first kappa shape index (κ1) is 28.3. The Morgan fingerprint density at radius 2 is 1.21 bits per heavy atom. The largest absolute Gasteiger partial charge is 0.317 e. The summed E-state index contributed by atoms with van der Waals surface area (Å²) in [4.78, 5) is 20.6. The molecule has 0 aliphatic carbocycles. The number of carbonyl (C=O) groups excluding carboxylic acids is 1. The lowest BCUT2D eigenvalue weighted by atomic mass is 10.1. The van der Waals surface area contributed by atoms with E-state index in [-0.39, 0.29) is 0 Å². The van der Waals surface area contributed by atoms with Crippen LogP contribution in [0.1, 0.15) is 116 Å². The van der Waals surface area contributed by atoms with Gasteiger partial charge in [0.15, 0.2) is 0 Å². The van der Waals surface area contributed by atoms with Crippen molar-refractivity contribution in [3.05, 3.63) is 12.2 Å². The van der Waals surface area contributed by atoms with Gasteiger partial charge in [-0.15, -0.1) is 0 Å². The number of unbranched alkanes of at least 4 members (excludes halogenated alkanes) is 14. The second-order valence-corrected chi connectivity index (χ2v) is 8.02. The van der Waals surface area contributed by atoms with Crippen LogP contribution in [0.3, 0.4) is 0 Å². The molecule has 0 fully saturated rings. The number of hydrogen-bond donors (Lipinski definition) is 1. The lowest BCUT2D eigenvalue weighted by Gasteiger charge is -2.05. The first-order valence-electron chi connectivity index (χ1n) is 12.5. The minimum atomic E-state index is 0.570. The van der Waals surface area contributed by atoms with Crippen LogP contribution in [0, 0.1) is 0 Å². The van der Waals surface area contributed by atoms with Crippen LogP contribution in [0.15, 0.2) is 12.2 Å². The van der Waals surface area contributed by atoms with Crippen molar-refractivity contribution < 1.29 is 14.6 Å². The smallest absolute Gasteiger partial charge is 0.119 e. The Hall–Kier alpha value is -0.710. The third-order valence-corrected chi connectivity index (χ3v) is 5.15. The molecule has 0 aromatic carbocycles. The van der Waals surface area contributed by atoms with Crippen LogP contribution in [0.2, 0.25) is 0 Å². The van der Waals surface area contributed by atoms with Crippen molar-refractivity contribution >= 4 is 6.29 Å². The van der Waals surface area contributed by atoms with Crippen molar-refractivity contribution in [1.82, 2.24) is 5.32 Å². The summed E-state index contributed by atoms with van der Waals surface area (Å²) >= 11 is 0. The van der Waals surface area contributed by atoms with Gasteiger partial charge >= 0.3 is 0 Å². The van der Waals surface area contributed by atoms with E-state index in [4.69, 9.17) is 9.78 Å². The second-order valence-electron chi connectivity index (χ2n) is 8.02. The summed E-state index contributed by atoms with van der Waals surface area (Å²) in [6.07, 6.45) is 26.0. The molecule has 0 amide bonds. The number of nitrogens with one attached hydrogen (secondary N) is 1. The number of allylic oxidation sites excluding steroid dienone is 1. The van der Waals surface area contributed by atoms with E-state index in [2.05, 4.69) is 24.4 Å². The minimum Gasteiger partial charge on any atom is -0.317 e. The van der Waals surface area contributed by atoms with Gasteiger partial charge in [0.1, 0.15) is 12.9 Å². The molecule has 4 nitrogen and oxygen atoms in total.